The zero-order chi connectivity index (χ0) is 18.8. The molecule has 0 saturated heterocycles. The van der Waals surface area contributed by atoms with E-state index in [0.717, 1.165) is 12.8 Å². The number of aromatic nitrogens is 2. The molecule has 4 N–H and O–H groups in total. The molecular formula is C14H21N2O8P. The van der Waals surface area contributed by atoms with Crippen LogP contribution in [-0.4, -0.2) is 42.9 Å². The molecule has 25 heavy (non-hydrogen) atoms. The molecule has 140 valence electrons. The second kappa shape index (κ2) is 7.65. The lowest BCUT2D eigenvalue weighted by Crippen LogP contribution is -2.34. The summed E-state index contributed by atoms with van der Waals surface area (Å²) >= 11 is 0. The first-order valence-electron chi connectivity index (χ1n) is 7.79. The lowest BCUT2D eigenvalue weighted by atomic mass is 9.97. The fourth-order valence-corrected chi connectivity index (χ4v) is 3.68. The molecule has 1 aliphatic rings. The lowest BCUT2D eigenvalue weighted by molar-refractivity contribution is -0.146. The van der Waals surface area contributed by atoms with Crippen molar-refractivity contribution in [2.75, 3.05) is 6.61 Å². The van der Waals surface area contributed by atoms with E-state index in [4.69, 9.17) is 19.6 Å². The van der Waals surface area contributed by atoms with Gasteiger partial charge in [0.1, 0.15) is 0 Å². The number of H-pyrrole nitrogens is 1. The Morgan fingerprint density at radius 3 is 2.64 bits per heavy atom. The molecule has 11 heteroatoms. The highest BCUT2D eigenvalue weighted by molar-refractivity contribution is 7.53. The summed E-state index contributed by atoms with van der Waals surface area (Å²) < 4.78 is 17.5. The minimum Gasteiger partial charge on any atom is -0.479 e. The number of aromatic amines is 1. The first-order chi connectivity index (χ1) is 11.6. The standard InChI is InChI=1S/C14H21N2O8P/c1-8-5-16(14(20)15-11(8)17)6-9-3-2-4-10(9)7-24-13(12(18)19)25(21,22)23/h5,9-10,13H,2-4,6-7H2,1H3,(H,18,19)(H,15,17,20)(H2,21,22,23). The van der Waals surface area contributed by atoms with Gasteiger partial charge >= 0.3 is 19.3 Å². The van der Waals surface area contributed by atoms with Crippen LogP contribution in [0.3, 0.4) is 0 Å². The summed E-state index contributed by atoms with van der Waals surface area (Å²) in [5.41, 5.74) is -0.572. The molecule has 0 spiro atoms. The Morgan fingerprint density at radius 1 is 1.40 bits per heavy atom. The minimum atomic E-state index is -4.91. The fourth-order valence-electron chi connectivity index (χ4n) is 3.11. The quantitative estimate of drug-likeness (QED) is 0.479. The van der Waals surface area contributed by atoms with Crippen LogP contribution >= 0.6 is 7.60 Å². The molecule has 10 nitrogen and oxygen atoms in total. The Kier molecular flexibility index (Phi) is 5.99. The highest BCUT2D eigenvalue weighted by atomic mass is 31.2. The molecule has 1 heterocycles. The maximum Gasteiger partial charge on any atom is 0.365 e. The Labute approximate surface area is 142 Å². The van der Waals surface area contributed by atoms with Crippen LogP contribution in [0.15, 0.2) is 15.8 Å². The molecule has 1 saturated carbocycles. The molecule has 2 rings (SSSR count). The molecule has 0 aliphatic heterocycles. The van der Waals surface area contributed by atoms with Crippen molar-refractivity contribution in [3.8, 4) is 0 Å². The maximum absolute atomic E-state index is 11.9. The molecule has 1 aliphatic carbocycles. The Morgan fingerprint density at radius 2 is 2.04 bits per heavy atom. The van der Waals surface area contributed by atoms with Crippen molar-refractivity contribution >= 4 is 13.6 Å². The van der Waals surface area contributed by atoms with Crippen LogP contribution in [0.4, 0.5) is 0 Å². The van der Waals surface area contributed by atoms with Gasteiger partial charge in [0, 0.05) is 18.3 Å². The lowest BCUT2D eigenvalue weighted by Gasteiger charge is -2.23. The summed E-state index contributed by atoms with van der Waals surface area (Å²) in [6.45, 7) is 1.78. The zero-order valence-electron chi connectivity index (χ0n) is 13.6. The van der Waals surface area contributed by atoms with Gasteiger partial charge in [0.2, 0.25) is 0 Å². The predicted octanol–water partition coefficient (Wildman–Crippen LogP) is -0.134. The van der Waals surface area contributed by atoms with Crippen LogP contribution in [0.5, 0.6) is 0 Å². The smallest absolute Gasteiger partial charge is 0.365 e. The molecule has 1 aromatic rings. The van der Waals surface area contributed by atoms with Crippen LogP contribution in [-0.2, 0) is 20.6 Å². The number of carbonyl (C=O) groups is 1. The van der Waals surface area contributed by atoms with Gasteiger partial charge in [-0.25, -0.2) is 9.59 Å². The normalized spacial score (nSPS) is 22.0. The Bertz CT molecular complexity index is 795. The van der Waals surface area contributed by atoms with Gasteiger partial charge in [0.15, 0.2) is 0 Å². The average Bonchev–Trinajstić information content (AvgIpc) is 2.90. The highest BCUT2D eigenvalue weighted by Crippen LogP contribution is 2.43. The summed E-state index contributed by atoms with van der Waals surface area (Å²) in [4.78, 5) is 54.5. The van der Waals surface area contributed by atoms with Crippen molar-refractivity contribution in [3.63, 3.8) is 0 Å². The molecule has 3 atom stereocenters. The van der Waals surface area contributed by atoms with Crippen molar-refractivity contribution in [2.45, 2.75) is 38.6 Å². The van der Waals surface area contributed by atoms with E-state index in [2.05, 4.69) is 4.98 Å². The van der Waals surface area contributed by atoms with Crippen LogP contribution in [0, 0.1) is 18.8 Å². The third-order valence-corrected chi connectivity index (χ3v) is 5.40. The predicted molar refractivity (Wildman–Crippen MR) is 86.3 cm³/mol. The number of aliphatic carboxylic acids is 1. The topological polar surface area (TPSA) is 159 Å². The molecule has 3 unspecified atom stereocenters. The van der Waals surface area contributed by atoms with Gasteiger partial charge in [-0.3, -0.25) is 14.3 Å². The second-order valence-electron chi connectivity index (χ2n) is 6.29. The molecule has 0 radical (unpaired) electrons. The van der Waals surface area contributed by atoms with E-state index >= 15 is 0 Å². The summed E-state index contributed by atoms with van der Waals surface area (Å²) in [6, 6.07) is 0. The fraction of sp³-hybridized carbons (Fsp3) is 0.643. The number of ether oxygens (including phenoxy) is 1. The van der Waals surface area contributed by atoms with Crippen LogP contribution in [0.1, 0.15) is 24.8 Å². The Hall–Kier alpha value is -1.74. The Balaban J connectivity index is 2.07. The first kappa shape index (κ1) is 19.6. The third kappa shape index (κ3) is 4.88. The van der Waals surface area contributed by atoms with E-state index in [1.54, 1.807) is 6.92 Å². The number of aryl methyl sites for hydroxylation is 1. The van der Waals surface area contributed by atoms with E-state index in [1.807, 2.05) is 0 Å². The van der Waals surface area contributed by atoms with Crippen molar-refractivity contribution < 1.29 is 29.0 Å². The number of rotatable bonds is 7. The number of hydrogen-bond donors (Lipinski definition) is 4. The molecule has 0 amide bonds. The number of carboxylic acid groups (broad SMARTS) is 1. The van der Waals surface area contributed by atoms with Crippen LogP contribution in [0.2, 0.25) is 0 Å². The summed E-state index contributed by atoms with van der Waals surface area (Å²) in [5.74, 6) is -4.05. The summed E-state index contributed by atoms with van der Waals surface area (Å²) in [5, 5.41) is 8.88. The molecule has 1 aromatic heterocycles. The van der Waals surface area contributed by atoms with Crippen molar-refractivity contribution in [1.29, 1.82) is 0 Å². The molecular weight excluding hydrogens is 355 g/mol. The summed E-state index contributed by atoms with van der Waals surface area (Å²) in [7, 11) is -4.91. The van der Waals surface area contributed by atoms with E-state index in [-0.39, 0.29) is 18.4 Å². The zero-order valence-corrected chi connectivity index (χ0v) is 14.5. The van der Waals surface area contributed by atoms with Gasteiger partial charge in [-0.1, -0.05) is 6.42 Å². The molecule has 1 fully saturated rings. The van der Waals surface area contributed by atoms with Crippen LogP contribution < -0.4 is 11.2 Å². The number of nitrogens with zero attached hydrogens (tertiary/aromatic N) is 1. The third-order valence-electron chi connectivity index (χ3n) is 4.42. The van der Waals surface area contributed by atoms with Gasteiger partial charge in [0.05, 0.1) is 6.61 Å². The minimum absolute atomic E-state index is 0.0192. The monoisotopic (exact) mass is 376 g/mol. The first-order valence-corrected chi connectivity index (χ1v) is 9.47. The van der Waals surface area contributed by atoms with Gasteiger partial charge in [0.25, 0.3) is 11.4 Å². The van der Waals surface area contributed by atoms with E-state index in [1.165, 1.54) is 10.8 Å². The maximum atomic E-state index is 11.9. The molecule has 0 aromatic carbocycles. The highest BCUT2D eigenvalue weighted by Gasteiger charge is 2.38. The second-order valence-corrected chi connectivity index (χ2v) is 7.94. The van der Waals surface area contributed by atoms with E-state index < -0.39 is 30.7 Å². The van der Waals surface area contributed by atoms with E-state index in [9.17, 15) is 18.9 Å². The van der Waals surface area contributed by atoms with Gasteiger partial charge in [-0.2, -0.15) is 0 Å². The average molecular weight is 376 g/mol. The summed E-state index contributed by atoms with van der Waals surface area (Å²) in [6.07, 6.45) is 3.78. The van der Waals surface area contributed by atoms with Crippen LogP contribution in [0.25, 0.3) is 0 Å². The van der Waals surface area contributed by atoms with Gasteiger partial charge in [-0.15, -0.1) is 0 Å². The van der Waals surface area contributed by atoms with Crippen molar-refractivity contribution in [1.82, 2.24) is 9.55 Å². The largest absolute Gasteiger partial charge is 0.479 e. The van der Waals surface area contributed by atoms with Crippen molar-refractivity contribution in [3.05, 3.63) is 32.6 Å². The van der Waals surface area contributed by atoms with Crippen molar-refractivity contribution in [2.24, 2.45) is 11.8 Å². The number of hydrogen-bond acceptors (Lipinski definition) is 5. The SMILES string of the molecule is Cc1cn(CC2CCCC2COC(C(=O)O)P(=O)(O)O)c(=O)[nH]c1=O. The number of carboxylic acids is 1. The van der Waals surface area contributed by atoms with Gasteiger partial charge < -0.3 is 24.2 Å². The van der Waals surface area contributed by atoms with Gasteiger partial charge in [-0.05, 0) is 31.6 Å². The number of nitrogens with one attached hydrogen (secondary N) is 1. The molecule has 0 bridgehead atoms. The van der Waals surface area contributed by atoms with E-state index in [0.29, 0.717) is 18.5 Å².